The molecule has 1 fully saturated rings. The molecule has 5 nitrogen and oxygen atoms in total. The van der Waals surface area contributed by atoms with Gasteiger partial charge in [-0.3, -0.25) is 4.79 Å². The molecule has 0 aromatic carbocycles. The van der Waals surface area contributed by atoms with Gasteiger partial charge in [0.15, 0.2) is 0 Å². The highest BCUT2D eigenvalue weighted by atomic mass is 35.5. The molecule has 1 aliphatic carbocycles. The number of alkyl halides is 3. The van der Waals surface area contributed by atoms with Gasteiger partial charge in [-0.05, 0) is 19.3 Å². The van der Waals surface area contributed by atoms with Gasteiger partial charge in [0.25, 0.3) is 0 Å². The van der Waals surface area contributed by atoms with Crippen molar-refractivity contribution < 1.29 is 18.0 Å². The van der Waals surface area contributed by atoms with Gasteiger partial charge in [0.1, 0.15) is 11.0 Å². The molecule has 1 aliphatic rings. The minimum absolute atomic E-state index is 0.00933. The minimum Gasteiger partial charge on any atom is -0.370 e. The topological polar surface area (TPSA) is 66.9 Å². The fraction of sp³-hybridized carbons (Fsp3) is 0.583. The van der Waals surface area contributed by atoms with Gasteiger partial charge in [0, 0.05) is 25.1 Å². The first-order valence-corrected chi connectivity index (χ1v) is 6.87. The van der Waals surface area contributed by atoms with Gasteiger partial charge in [-0.1, -0.05) is 11.6 Å². The molecule has 1 aromatic rings. The second-order valence-corrected chi connectivity index (χ2v) is 5.16. The number of anilines is 1. The van der Waals surface area contributed by atoms with Crippen molar-refractivity contribution in [1.82, 2.24) is 15.3 Å². The lowest BCUT2D eigenvalue weighted by molar-refractivity contribution is -0.144. The molecule has 1 aromatic heterocycles. The number of amides is 1. The number of hydrogen-bond donors (Lipinski definition) is 2. The summed E-state index contributed by atoms with van der Waals surface area (Å²) in [5.41, 5.74) is 0. The summed E-state index contributed by atoms with van der Waals surface area (Å²) in [7, 11) is 0. The van der Waals surface area contributed by atoms with Crippen LogP contribution in [-0.4, -0.2) is 28.5 Å². The van der Waals surface area contributed by atoms with Crippen LogP contribution < -0.4 is 10.6 Å². The van der Waals surface area contributed by atoms with E-state index in [9.17, 15) is 18.0 Å². The number of nitrogens with one attached hydrogen (secondary N) is 2. The Hall–Kier alpha value is -1.57. The van der Waals surface area contributed by atoms with E-state index in [2.05, 4.69) is 20.6 Å². The van der Waals surface area contributed by atoms with Crippen molar-refractivity contribution in [3.63, 3.8) is 0 Å². The molecule has 2 N–H and O–H groups in total. The van der Waals surface area contributed by atoms with E-state index in [1.165, 1.54) is 6.07 Å². The summed E-state index contributed by atoms with van der Waals surface area (Å²) in [6.45, 7) is 0.322. The number of carbonyl (C=O) groups is 1. The van der Waals surface area contributed by atoms with Crippen molar-refractivity contribution in [2.24, 2.45) is 0 Å². The van der Waals surface area contributed by atoms with Crippen molar-refractivity contribution in [1.29, 1.82) is 0 Å². The van der Waals surface area contributed by atoms with E-state index in [1.807, 2.05) is 0 Å². The van der Waals surface area contributed by atoms with E-state index in [0.717, 1.165) is 12.8 Å². The molecular formula is C12H14ClF3N4O. The van der Waals surface area contributed by atoms with Crippen LogP contribution in [0.2, 0.25) is 5.15 Å². The molecule has 0 saturated heterocycles. The molecule has 0 bridgehead atoms. The van der Waals surface area contributed by atoms with Crippen LogP contribution >= 0.6 is 11.6 Å². The quantitative estimate of drug-likeness (QED) is 0.624. The molecule has 0 aliphatic heterocycles. The molecule has 21 heavy (non-hydrogen) atoms. The molecule has 9 heteroatoms. The van der Waals surface area contributed by atoms with Crippen LogP contribution in [0.3, 0.4) is 0 Å². The van der Waals surface area contributed by atoms with E-state index < -0.39 is 12.0 Å². The Morgan fingerprint density at radius 1 is 1.38 bits per heavy atom. The second-order valence-electron chi connectivity index (χ2n) is 4.77. The summed E-state index contributed by atoms with van der Waals surface area (Å²) >= 11 is 5.53. The number of carbonyl (C=O) groups excluding carboxylic acids is 1. The van der Waals surface area contributed by atoms with Crippen molar-refractivity contribution >= 4 is 23.3 Å². The largest absolute Gasteiger partial charge is 0.451 e. The van der Waals surface area contributed by atoms with Crippen LogP contribution in [0, 0.1) is 0 Å². The Balaban J connectivity index is 1.79. The van der Waals surface area contributed by atoms with E-state index in [-0.39, 0.29) is 16.9 Å². The Kier molecular flexibility index (Phi) is 4.87. The third-order valence-corrected chi connectivity index (χ3v) is 2.97. The highest BCUT2D eigenvalue weighted by Gasteiger charge is 2.35. The average molecular weight is 323 g/mol. The Morgan fingerprint density at radius 3 is 2.71 bits per heavy atom. The highest BCUT2D eigenvalue weighted by molar-refractivity contribution is 6.29. The van der Waals surface area contributed by atoms with E-state index in [1.54, 1.807) is 0 Å². The first kappa shape index (κ1) is 15.8. The normalized spacial score (nSPS) is 14.9. The zero-order valence-corrected chi connectivity index (χ0v) is 11.8. The number of rotatable bonds is 6. The lowest BCUT2D eigenvalue weighted by Gasteiger charge is -2.09. The monoisotopic (exact) mass is 322 g/mol. The average Bonchev–Trinajstić information content (AvgIpc) is 3.17. The van der Waals surface area contributed by atoms with Crippen molar-refractivity contribution in [2.75, 3.05) is 11.9 Å². The standard InChI is InChI=1S/C12H14ClF3N4O/c13-8-6-9(20-11(19-8)12(14,15)16)17-5-1-2-10(21)18-7-3-4-7/h6-7H,1-5H2,(H,18,21)(H,17,19,20). The zero-order chi connectivity index (χ0) is 15.5. The minimum atomic E-state index is -4.65. The molecule has 0 radical (unpaired) electrons. The molecule has 2 rings (SSSR count). The molecule has 0 atom stereocenters. The van der Waals surface area contributed by atoms with Gasteiger partial charge >= 0.3 is 6.18 Å². The van der Waals surface area contributed by atoms with Crippen LogP contribution in [0.1, 0.15) is 31.5 Å². The Bertz CT molecular complexity index is 520. The van der Waals surface area contributed by atoms with Crippen LogP contribution in [0.5, 0.6) is 0 Å². The fourth-order valence-corrected chi connectivity index (χ4v) is 1.81. The number of hydrogen-bond acceptors (Lipinski definition) is 4. The number of nitrogens with zero attached hydrogens (tertiary/aromatic N) is 2. The van der Waals surface area contributed by atoms with Gasteiger partial charge in [-0.2, -0.15) is 13.2 Å². The van der Waals surface area contributed by atoms with Crippen LogP contribution in [0.4, 0.5) is 19.0 Å². The van der Waals surface area contributed by atoms with Gasteiger partial charge in [0.05, 0.1) is 0 Å². The molecule has 1 amide bonds. The zero-order valence-electron chi connectivity index (χ0n) is 11.0. The molecule has 116 valence electrons. The summed E-state index contributed by atoms with van der Waals surface area (Å²) in [6, 6.07) is 1.52. The summed E-state index contributed by atoms with van der Waals surface area (Å²) in [5, 5.41) is 5.25. The maximum absolute atomic E-state index is 12.5. The van der Waals surface area contributed by atoms with Gasteiger partial charge in [0.2, 0.25) is 11.7 Å². The predicted molar refractivity (Wildman–Crippen MR) is 70.9 cm³/mol. The maximum atomic E-state index is 12.5. The third kappa shape index (κ3) is 5.37. The van der Waals surface area contributed by atoms with Gasteiger partial charge in [-0.25, -0.2) is 9.97 Å². The smallest absolute Gasteiger partial charge is 0.370 e. The first-order valence-electron chi connectivity index (χ1n) is 6.49. The molecule has 1 heterocycles. The molecule has 0 spiro atoms. The van der Waals surface area contributed by atoms with Crippen molar-refractivity contribution in [3.05, 3.63) is 17.0 Å². The van der Waals surface area contributed by atoms with Crippen LogP contribution in [0.15, 0.2) is 6.07 Å². The molecule has 0 unspecified atom stereocenters. The first-order chi connectivity index (χ1) is 9.84. The van der Waals surface area contributed by atoms with E-state index >= 15 is 0 Å². The number of aromatic nitrogens is 2. The molecular weight excluding hydrogens is 309 g/mol. The van der Waals surface area contributed by atoms with Crippen LogP contribution in [0.25, 0.3) is 0 Å². The summed E-state index contributed by atoms with van der Waals surface area (Å²) in [4.78, 5) is 17.9. The fourth-order valence-electron chi connectivity index (χ4n) is 1.63. The van der Waals surface area contributed by atoms with Gasteiger partial charge in [-0.15, -0.1) is 0 Å². The SMILES string of the molecule is O=C(CCCNc1cc(Cl)nc(C(F)(F)F)n1)NC1CC1. The van der Waals surface area contributed by atoms with E-state index in [4.69, 9.17) is 11.6 Å². The second kappa shape index (κ2) is 6.46. The molecule has 1 saturated carbocycles. The summed E-state index contributed by atoms with van der Waals surface area (Å²) in [6.07, 6.45) is -1.81. The summed E-state index contributed by atoms with van der Waals surface area (Å²) < 4.78 is 37.5. The third-order valence-electron chi connectivity index (χ3n) is 2.78. The summed E-state index contributed by atoms with van der Waals surface area (Å²) in [5.74, 6) is -1.34. The highest BCUT2D eigenvalue weighted by Crippen LogP contribution is 2.28. The van der Waals surface area contributed by atoms with Gasteiger partial charge < -0.3 is 10.6 Å². The predicted octanol–water partition coefficient (Wildman–Crippen LogP) is 2.62. The lowest BCUT2D eigenvalue weighted by atomic mass is 10.3. The maximum Gasteiger partial charge on any atom is 0.451 e. The Labute approximate surface area is 124 Å². The number of halogens is 4. The van der Waals surface area contributed by atoms with Crippen molar-refractivity contribution in [3.8, 4) is 0 Å². The lowest BCUT2D eigenvalue weighted by Crippen LogP contribution is -2.25. The Morgan fingerprint density at radius 2 is 2.10 bits per heavy atom. The van der Waals surface area contributed by atoms with Crippen LogP contribution in [-0.2, 0) is 11.0 Å². The van der Waals surface area contributed by atoms with E-state index in [0.29, 0.717) is 25.4 Å². The van der Waals surface area contributed by atoms with Crippen molar-refractivity contribution in [2.45, 2.75) is 37.9 Å².